The second-order valence-corrected chi connectivity index (χ2v) is 7.95. The molecule has 3 aromatic rings. The maximum atomic E-state index is 12.2. The molecular weight excluding hydrogens is 324 g/mol. The van der Waals surface area contributed by atoms with E-state index in [0.29, 0.717) is 6.42 Å². The summed E-state index contributed by atoms with van der Waals surface area (Å²) >= 11 is 3.31. The van der Waals surface area contributed by atoms with Crippen LogP contribution in [0.3, 0.4) is 0 Å². The summed E-state index contributed by atoms with van der Waals surface area (Å²) in [6.45, 7) is 6.22. The van der Waals surface area contributed by atoms with E-state index in [4.69, 9.17) is 0 Å². The first-order valence-corrected chi connectivity index (χ1v) is 9.09. The van der Waals surface area contributed by atoms with Crippen LogP contribution in [0.25, 0.3) is 11.3 Å². The number of thiazole rings is 1. The van der Waals surface area contributed by atoms with Gasteiger partial charge in [0.05, 0.1) is 12.1 Å². The van der Waals surface area contributed by atoms with Crippen molar-refractivity contribution < 1.29 is 4.79 Å². The zero-order valence-electron chi connectivity index (χ0n) is 13.3. The van der Waals surface area contributed by atoms with Crippen LogP contribution in [0.15, 0.2) is 35.7 Å². The van der Waals surface area contributed by atoms with Gasteiger partial charge in [-0.15, -0.1) is 22.7 Å². The molecule has 1 N–H and O–H groups in total. The lowest BCUT2D eigenvalue weighted by Crippen LogP contribution is -2.14. The van der Waals surface area contributed by atoms with Gasteiger partial charge in [-0.2, -0.15) is 0 Å². The molecule has 0 unspecified atom stereocenters. The molecule has 0 bridgehead atoms. The molecule has 3 nitrogen and oxygen atoms in total. The Labute approximate surface area is 144 Å². The lowest BCUT2D eigenvalue weighted by Gasteiger charge is -2.04. The number of benzene rings is 1. The topological polar surface area (TPSA) is 42.0 Å². The summed E-state index contributed by atoms with van der Waals surface area (Å²) in [7, 11) is 0. The van der Waals surface area contributed by atoms with E-state index >= 15 is 0 Å². The molecule has 0 aliphatic carbocycles. The smallest absolute Gasteiger partial charge is 0.231 e. The van der Waals surface area contributed by atoms with Crippen molar-refractivity contribution >= 4 is 34.3 Å². The molecule has 2 aromatic heterocycles. The largest absolute Gasteiger partial charge is 0.326 e. The van der Waals surface area contributed by atoms with Crippen molar-refractivity contribution in [2.75, 3.05) is 5.32 Å². The zero-order valence-corrected chi connectivity index (χ0v) is 15.0. The summed E-state index contributed by atoms with van der Waals surface area (Å²) in [6, 6.07) is 9.96. The second-order valence-electron chi connectivity index (χ2n) is 5.55. The van der Waals surface area contributed by atoms with Crippen LogP contribution in [0.5, 0.6) is 0 Å². The van der Waals surface area contributed by atoms with Crippen LogP contribution in [-0.4, -0.2) is 10.9 Å². The molecular formula is C18H18N2OS2. The Balaban J connectivity index is 1.69. The van der Waals surface area contributed by atoms with E-state index < -0.39 is 0 Å². The predicted octanol–water partition coefficient (Wildman–Crippen LogP) is 4.98. The van der Waals surface area contributed by atoms with Crippen LogP contribution in [0.4, 0.5) is 5.69 Å². The van der Waals surface area contributed by atoms with E-state index in [1.807, 2.05) is 36.6 Å². The minimum absolute atomic E-state index is 0.0327. The number of nitrogens with one attached hydrogen (secondary N) is 1. The van der Waals surface area contributed by atoms with Gasteiger partial charge >= 0.3 is 0 Å². The Kier molecular flexibility index (Phi) is 4.59. The van der Waals surface area contributed by atoms with Crippen molar-refractivity contribution in [1.29, 1.82) is 0 Å². The van der Waals surface area contributed by atoms with Crippen molar-refractivity contribution in [1.82, 2.24) is 4.98 Å². The molecule has 118 valence electrons. The van der Waals surface area contributed by atoms with Gasteiger partial charge in [0.25, 0.3) is 0 Å². The Bertz CT molecular complexity index is 848. The summed E-state index contributed by atoms with van der Waals surface area (Å²) in [4.78, 5) is 19.3. The highest BCUT2D eigenvalue weighted by Crippen LogP contribution is 2.31. The van der Waals surface area contributed by atoms with Crippen LogP contribution in [0.2, 0.25) is 0 Å². The average molecular weight is 342 g/mol. The van der Waals surface area contributed by atoms with Crippen molar-refractivity contribution in [2.45, 2.75) is 27.2 Å². The van der Waals surface area contributed by atoms with Gasteiger partial charge in [0, 0.05) is 26.4 Å². The van der Waals surface area contributed by atoms with Crippen LogP contribution in [-0.2, 0) is 11.2 Å². The van der Waals surface area contributed by atoms with Gasteiger partial charge < -0.3 is 5.32 Å². The molecule has 0 spiro atoms. The van der Waals surface area contributed by atoms with E-state index in [1.54, 1.807) is 11.3 Å². The number of aromatic nitrogens is 1. The molecule has 1 amide bonds. The Hall–Kier alpha value is -1.98. The van der Waals surface area contributed by atoms with Gasteiger partial charge in [-0.05, 0) is 44.5 Å². The number of carbonyl (C=O) groups excluding carboxylic acids is 1. The molecule has 0 radical (unpaired) electrons. The predicted molar refractivity (Wildman–Crippen MR) is 98.4 cm³/mol. The van der Waals surface area contributed by atoms with Crippen molar-refractivity contribution in [3.63, 3.8) is 0 Å². The fourth-order valence-corrected chi connectivity index (χ4v) is 4.19. The summed E-state index contributed by atoms with van der Waals surface area (Å²) < 4.78 is 0. The molecule has 0 fully saturated rings. The van der Waals surface area contributed by atoms with Crippen molar-refractivity contribution in [2.24, 2.45) is 0 Å². The fourth-order valence-electron chi connectivity index (χ4n) is 2.47. The molecule has 23 heavy (non-hydrogen) atoms. The van der Waals surface area contributed by atoms with E-state index in [0.717, 1.165) is 22.0 Å². The summed E-state index contributed by atoms with van der Waals surface area (Å²) in [5, 5.41) is 5.80. The number of carbonyl (C=O) groups is 1. The molecule has 3 rings (SSSR count). The standard InChI is InChI=1S/C18H18N2OS2/c1-11-5-4-6-14(7-11)19-17(21)9-18-20-16(10-22-18)15-8-12(2)23-13(15)3/h4-8,10H,9H2,1-3H3,(H,19,21). The Morgan fingerprint density at radius 3 is 2.74 bits per heavy atom. The quantitative estimate of drug-likeness (QED) is 0.726. The van der Waals surface area contributed by atoms with Crippen LogP contribution >= 0.6 is 22.7 Å². The summed E-state index contributed by atoms with van der Waals surface area (Å²) in [6.07, 6.45) is 0.306. The third-order valence-corrected chi connectivity index (χ3v) is 5.30. The second kappa shape index (κ2) is 6.64. The number of hydrogen-bond donors (Lipinski definition) is 1. The van der Waals surface area contributed by atoms with Gasteiger partial charge in [-0.25, -0.2) is 4.98 Å². The number of thiophene rings is 1. The van der Waals surface area contributed by atoms with Gasteiger partial charge in [0.2, 0.25) is 5.91 Å². The minimum atomic E-state index is -0.0327. The van der Waals surface area contributed by atoms with Gasteiger partial charge in [-0.3, -0.25) is 4.79 Å². The van der Waals surface area contributed by atoms with Gasteiger partial charge in [0.1, 0.15) is 5.01 Å². The van der Waals surface area contributed by atoms with Gasteiger partial charge in [0.15, 0.2) is 0 Å². The first-order chi connectivity index (χ1) is 11.0. The molecule has 0 atom stereocenters. The molecule has 0 saturated heterocycles. The lowest BCUT2D eigenvalue weighted by molar-refractivity contribution is -0.115. The van der Waals surface area contributed by atoms with Gasteiger partial charge in [-0.1, -0.05) is 12.1 Å². The Morgan fingerprint density at radius 2 is 2.04 bits per heavy atom. The molecule has 5 heteroatoms. The van der Waals surface area contributed by atoms with Crippen LogP contribution in [0, 0.1) is 20.8 Å². The molecule has 0 aliphatic rings. The highest BCUT2D eigenvalue weighted by molar-refractivity contribution is 7.12. The average Bonchev–Trinajstić information content (AvgIpc) is 3.05. The highest BCUT2D eigenvalue weighted by Gasteiger charge is 2.12. The van der Waals surface area contributed by atoms with Crippen LogP contribution in [0.1, 0.15) is 20.3 Å². The molecule has 0 saturated carbocycles. The number of amides is 1. The highest BCUT2D eigenvalue weighted by atomic mass is 32.1. The lowest BCUT2D eigenvalue weighted by atomic mass is 10.2. The number of hydrogen-bond acceptors (Lipinski definition) is 4. The first-order valence-electron chi connectivity index (χ1n) is 7.39. The maximum Gasteiger partial charge on any atom is 0.231 e. The van der Waals surface area contributed by atoms with Crippen molar-refractivity contribution in [3.05, 3.63) is 56.0 Å². The summed E-state index contributed by atoms with van der Waals surface area (Å²) in [5.41, 5.74) is 4.10. The Morgan fingerprint density at radius 1 is 1.22 bits per heavy atom. The molecule has 0 aliphatic heterocycles. The number of rotatable bonds is 4. The normalized spacial score (nSPS) is 10.7. The summed E-state index contributed by atoms with van der Waals surface area (Å²) in [5.74, 6) is -0.0327. The van der Waals surface area contributed by atoms with Crippen LogP contribution < -0.4 is 5.32 Å². The van der Waals surface area contributed by atoms with E-state index in [2.05, 4.69) is 30.2 Å². The third-order valence-electron chi connectivity index (χ3n) is 3.48. The fraction of sp³-hybridized carbons (Fsp3) is 0.222. The number of aryl methyl sites for hydroxylation is 3. The van der Waals surface area contributed by atoms with Crippen molar-refractivity contribution in [3.8, 4) is 11.3 Å². The minimum Gasteiger partial charge on any atom is -0.326 e. The monoisotopic (exact) mass is 342 g/mol. The first kappa shape index (κ1) is 15.9. The third kappa shape index (κ3) is 3.86. The zero-order chi connectivity index (χ0) is 16.4. The van der Waals surface area contributed by atoms with E-state index in [1.165, 1.54) is 26.7 Å². The van der Waals surface area contributed by atoms with E-state index in [9.17, 15) is 4.79 Å². The molecule has 2 heterocycles. The molecule has 1 aromatic carbocycles. The SMILES string of the molecule is Cc1cccc(NC(=O)Cc2nc(-c3cc(C)sc3C)cs2)c1. The number of anilines is 1. The van der Waals surface area contributed by atoms with E-state index in [-0.39, 0.29) is 5.91 Å². The maximum absolute atomic E-state index is 12.2. The number of nitrogens with zero attached hydrogens (tertiary/aromatic N) is 1.